The van der Waals surface area contributed by atoms with Crippen LogP contribution >= 0.6 is 0 Å². The van der Waals surface area contributed by atoms with E-state index in [0.29, 0.717) is 13.1 Å². The molecule has 1 atom stereocenters. The summed E-state index contributed by atoms with van der Waals surface area (Å²) in [5.41, 5.74) is 2.09. The van der Waals surface area contributed by atoms with Gasteiger partial charge in [0.15, 0.2) is 0 Å². The van der Waals surface area contributed by atoms with Crippen LogP contribution in [-0.2, 0) is 22.6 Å². The van der Waals surface area contributed by atoms with Crippen molar-refractivity contribution in [1.29, 1.82) is 0 Å². The normalized spacial score (nSPS) is 17.3. The highest BCUT2D eigenvalue weighted by Crippen LogP contribution is 2.27. The molecule has 0 aliphatic carbocycles. The summed E-state index contributed by atoms with van der Waals surface area (Å²) in [6, 6.07) is 11.6. The molecule has 0 bridgehead atoms. The minimum absolute atomic E-state index is 0.00370. The van der Waals surface area contributed by atoms with E-state index in [4.69, 9.17) is 4.42 Å². The number of aryl methyl sites for hydroxylation is 1. The summed E-state index contributed by atoms with van der Waals surface area (Å²) in [6.45, 7) is 2.95. The number of anilines is 1. The summed E-state index contributed by atoms with van der Waals surface area (Å²) in [7, 11) is 1.74. The molecule has 1 aromatic carbocycles. The minimum atomic E-state index is -0.302. The Bertz CT molecular complexity index is 707. The van der Waals surface area contributed by atoms with E-state index < -0.39 is 0 Å². The van der Waals surface area contributed by atoms with E-state index in [0.717, 1.165) is 17.9 Å². The van der Waals surface area contributed by atoms with Gasteiger partial charge in [-0.2, -0.15) is 0 Å². The molecule has 2 heterocycles. The average molecular weight is 326 g/mol. The number of furan rings is 1. The minimum Gasteiger partial charge on any atom is -0.467 e. The highest BCUT2D eigenvalue weighted by molar-refractivity contribution is 6.00. The van der Waals surface area contributed by atoms with E-state index in [1.54, 1.807) is 29.2 Å². The second-order valence-corrected chi connectivity index (χ2v) is 6.20. The molecule has 126 valence electrons. The quantitative estimate of drug-likeness (QED) is 0.849. The largest absolute Gasteiger partial charge is 0.467 e. The fourth-order valence-electron chi connectivity index (χ4n) is 3.06. The number of benzene rings is 1. The Balaban J connectivity index is 1.65. The fraction of sp³-hybridized carbons (Fsp3) is 0.368. The van der Waals surface area contributed by atoms with Crippen molar-refractivity contribution in [2.75, 3.05) is 18.5 Å². The van der Waals surface area contributed by atoms with Gasteiger partial charge in [0.2, 0.25) is 11.8 Å². The number of carbonyl (C=O) groups is 2. The van der Waals surface area contributed by atoms with E-state index in [9.17, 15) is 9.59 Å². The summed E-state index contributed by atoms with van der Waals surface area (Å²) < 4.78 is 5.28. The maximum absolute atomic E-state index is 12.6. The van der Waals surface area contributed by atoms with Crippen LogP contribution in [0.5, 0.6) is 0 Å². The van der Waals surface area contributed by atoms with Gasteiger partial charge in [0.25, 0.3) is 0 Å². The summed E-state index contributed by atoms with van der Waals surface area (Å²) in [6.07, 6.45) is 2.82. The molecule has 2 amide bonds. The van der Waals surface area contributed by atoms with Crippen molar-refractivity contribution < 1.29 is 14.0 Å². The number of carbonyl (C=O) groups excluding carboxylic acids is 2. The summed E-state index contributed by atoms with van der Waals surface area (Å²) >= 11 is 0. The number of hydrogen-bond acceptors (Lipinski definition) is 3. The maximum atomic E-state index is 12.6. The average Bonchev–Trinajstić information content (AvgIpc) is 3.24. The molecule has 1 unspecified atom stereocenters. The Kier molecular flexibility index (Phi) is 4.69. The summed E-state index contributed by atoms with van der Waals surface area (Å²) in [4.78, 5) is 28.3. The van der Waals surface area contributed by atoms with Gasteiger partial charge in [0.1, 0.15) is 5.76 Å². The van der Waals surface area contributed by atoms with Crippen molar-refractivity contribution >= 4 is 17.5 Å². The van der Waals surface area contributed by atoms with Crippen LogP contribution in [0.25, 0.3) is 0 Å². The van der Waals surface area contributed by atoms with Crippen LogP contribution in [0.1, 0.15) is 24.7 Å². The molecular weight excluding hydrogens is 304 g/mol. The van der Waals surface area contributed by atoms with Gasteiger partial charge >= 0.3 is 0 Å². The Hall–Kier alpha value is -2.56. The van der Waals surface area contributed by atoms with Gasteiger partial charge in [-0.3, -0.25) is 9.59 Å². The zero-order valence-electron chi connectivity index (χ0n) is 14.1. The van der Waals surface area contributed by atoms with Crippen molar-refractivity contribution in [2.24, 2.45) is 5.92 Å². The van der Waals surface area contributed by atoms with Crippen LogP contribution in [0.3, 0.4) is 0 Å². The summed E-state index contributed by atoms with van der Waals surface area (Å²) in [5.74, 6) is 0.418. The molecule has 1 saturated heterocycles. The van der Waals surface area contributed by atoms with E-state index in [1.165, 1.54) is 5.56 Å². The molecule has 5 heteroatoms. The van der Waals surface area contributed by atoms with E-state index in [2.05, 4.69) is 6.92 Å². The number of amides is 2. The second-order valence-electron chi connectivity index (χ2n) is 6.20. The predicted octanol–water partition coefficient (Wildman–Crippen LogP) is 2.85. The first-order valence-corrected chi connectivity index (χ1v) is 8.25. The van der Waals surface area contributed by atoms with Crippen molar-refractivity contribution in [3.8, 4) is 0 Å². The molecule has 2 aromatic rings. The van der Waals surface area contributed by atoms with Crippen molar-refractivity contribution in [3.05, 3.63) is 54.0 Å². The smallest absolute Gasteiger partial charge is 0.228 e. The first kappa shape index (κ1) is 16.3. The molecule has 1 fully saturated rings. The van der Waals surface area contributed by atoms with Gasteiger partial charge in [-0.05, 0) is 36.2 Å². The lowest BCUT2D eigenvalue weighted by Gasteiger charge is -2.21. The van der Waals surface area contributed by atoms with Crippen molar-refractivity contribution in [2.45, 2.75) is 26.3 Å². The van der Waals surface area contributed by atoms with Crippen LogP contribution in [0, 0.1) is 5.92 Å². The van der Waals surface area contributed by atoms with Gasteiger partial charge < -0.3 is 14.2 Å². The highest BCUT2D eigenvalue weighted by Gasteiger charge is 2.36. The number of nitrogens with zero attached hydrogens (tertiary/aromatic N) is 2. The van der Waals surface area contributed by atoms with Crippen molar-refractivity contribution in [3.63, 3.8) is 0 Å². The third-order valence-corrected chi connectivity index (χ3v) is 4.48. The zero-order valence-corrected chi connectivity index (χ0v) is 14.1. The Labute approximate surface area is 141 Å². The number of rotatable bonds is 5. The monoisotopic (exact) mass is 326 g/mol. The van der Waals surface area contributed by atoms with Crippen LogP contribution < -0.4 is 4.90 Å². The Morgan fingerprint density at radius 2 is 2.04 bits per heavy atom. The van der Waals surface area contributed by atoms with Crippen LogP contribution in [-0.4, -0.2) is 30.3 Å². The molecule has 0 N–H and O–H groups in total. The Morgan fingerprint density at radius 3 is 2.67 bits per heavy atom. The van der Waals surface area contributed by atoms with Crippen LogP contribution in [0.15, 0.2) is 47.1 Å². The lowest BCUT2D eigenvalue weighted by atomic mass is 10.1. The molecule has 3 rings (SSSR count). The first-order valence-electron chi connectivity index (χ1n) is 8.25. The van der Waals surface area contributed by atoms with E-state index >= 15 is 0 Å². The number of hydrogen-bond donors (Lipinski definition) is 0. The molecule has 1 aliphatic rings. The highest BCUT2D eigenvalue weighted by atomic mass is 16.3. The molecule has 24 heavy (non-hydrogen) atoms. The van der Waals surface area contributed by atoms with Gasteiger partial charge in [-0.1, -0.05) is 19.1 Å². The molecule has 1 aromatic heterocycles. The van der Waals surface area contributed by atoms with Crippen molar-refractivity contribution in [1.82, 2.24) is 4.90 Å². The van der Waals surface area contributed by atoms with E-state index in [-0.39, 0.29) is 24.2 Å². The molecule has 0 radical (unpaired) electrons. The third-order valence-electron chi connectivity index (χ3n) is 4.48. The van der Waals surface area contributed by atoms with Crippen LogP contribution in [0.4, 0.5) is 5.69 Å². The SMILES string of the molecule is CCc1ccc(N2CC(C(=O)N(C)Cc3ccco3)CC2=O)cc1. The van der Waals surface area contributed by atoms with Gasteiger partial charge in [-0.15, -0.1) is 0 Å². The van der Waals surface area contributed by atoms with E-state index in [1.807, 2.05) is 30.3 Å². The van der Waals surface area contributed by atoms with Gasteiger partial charge in [0, 0.05) is 25.7 Å². The lowest BCUT2D eigenvalue weighted by Crippen LogP contribution is -2.34. The lowest BCUT2D eigenvalue weighted by molar-refractivity contribution is -0.135. The molecule has 0 spiro atoms. The molecule has 1 aliphatic heterocycles. The maximum Gasteiger partial charge on any atom is 0.228 e. The standard InChI is InChI=1S/C19H22N2O3/c1-3-14-6-8-16(9-7-14)21-12-15(11-18(21)22)19(23)20(2)13-17-5-4-10-24-17/h4-10,15H,3,11-13H2,1-2H3. The molecule has 0 saturated carbocycles. The Morgan fingerprint density at radius 1 is 1.29 bits per heavy atom. The topological polar surface area (TPSA) is 53.8 Å². The zero-order chi connectivity index (χ0) is 17.1. The summed E-state index contributed by atoms with van der Waals surface area (Å²) in [5, 5.41) is 0. The van der Waals surface area contributed by atoms with Gasteiger partial charge in [0.05, 0.1) is 18.7 Å². The third kappa shape index (κ3) is 3.35. The van der Waals surface area contributed by atoms with Crippen LogP contribution in [0.2, 0.25) is 0 Å². The van der Waals surface area contributed by atoms with Gasteiger partial charge in [-0.25, -0.2) is 0 Å². The molecule has 5 nitrogen and oxygen atoms in total. The second kappa shape index (κ2) is 6.91. The predicted molar refractivity (Wildman–Crippen MR) is 91.5 cm³/mol. The fourth-order valence-corrected chi connectivity index (χ4v) is 3.06. The first-order chi connectivity index (χ1) is 11.6. The molecular formula is C19H22N2O3.